The van der Waals surface area contributed by atoms with Gasteiger partial charge in [0.15, 0.2) is 0 Å². The normalized spacial score (nSPS) is 20.2. The zero-order valence-electron chi connectivity index (χ0n) is 6.70. The first-order valence-corrected chi connectivity index (χ1v) is 3.99. The number of likely N-dealkylation sites (tertiary alicyclic amines) is 1. The lowest BCUT2D eigenvalue weighted by Crippen LogP contribution is -2.56. The molecule has 0 spiro atoms. The van der Waals surface area contributed by atoms with Crippen molar-refractivity contribution in [3.05, 3.63) is 0 Å². The molecule has 66 valence electrons. The molecular weight excluding hydrogens is 144 g/mol. The van der Waals surface area contributed by atoms with Crippen molar-refractivity contribution in [1.82, 2.24) is 4.90 Å². The Bertz CT molecular complexity index is 105. The molecule has 1 rings (SSSR count). The molecule has 0 aromatic heterocycles. The van der Waals surface area contributed by atoms with E-state index < -0.39 is 0 Å². The van der Waals surface area contributed by atoms with Gasteiger partial charge in [-0.1, -0.05) is 0 Å². The van der Waals surface area contributed by atoms with E-state index >= 15 is 0 Å². The van der Waals surface area contributed by atoms with Gasteiger partial charge in [0.25, 0.3) is 0 Å². The summed E-state index contributed by atoms with van der Waals surface area (Å²) >= 11 is 0. The highest BCUT2D eigenvalue weighted by Crippen LogP contribution is 2.03. The number of ether oxygens (including phenoxy) is 1. The lowest BCUT2D eigenvalue weighted by Gasteiger charge is -2.36. The number of nitrogens with two attached hydrogens (primary N) is 1. The average molecular weight is 160 g/mol. The fourth-order valence-corrected chi connectivity index (χ4v) is 1.15. The summed E-state index contributed by atoms with van der Waals surface area (Å²) in [5.74, 6) is 0. The molecule has 1 saturated heterocycles. The molecule has 0 bridgehead atoms. The Morgan fingerprint density at radius 2 is 2.18 bits per heavy atom. The summed E-state index contributed by atoms with van der Waals surface area (Å²) in [4.78, 5) is 2.24. The van der Waals surface area contributed by atoms with Gasteiger partial charge >= 0.3 is 0 Å². The molecule has 0 unspecified atom stereocenters. The van der Waals surface area contributed by atoms with Crippen LogP contribution in [-0.4, -0.2) is 55.5 Å². The molecule has 0 aromatic rings. The Morgan fingerprint density at radius 1 is 1.45 bits per heavy atom. The molecule has 4 nitrogen and oxygen atoms in total. The largest absolute Gasteiger partial charge is 0.394 e. The van der Waals surface area contributed by atoms with Crippen molar-refractivity contribution < 1.29 is 9.84 Å². The molecule has 0 aliphatic carbocycles. The molecule has 11 heavy (non-hydrogen) atoms. The van der Waals surface area contributed by atoms with Crippen LogP contribution in [0.3, 0.4) is 0 Å². The second kappa shape index (κ2) is 4.66. The first-order chi connectivity index (χ1) is 5.33. The van der Waals surface area contributed by atoms with Crippen molar-refractivity contribution in [1.29, 1.82) is 0 Å². The third-order valence-electron chi connectivity index (χ3n) is 1.77. The van der Waals surface area contributed by atoms with Gasteiger partial charge in [0.2, 0.25) is 0 Å². The predicted octanol–water partition coefficient (Wildman–Crippen LogP) is -1.36. The summed E-state index contributed by atoms with van der Waals surface area (Å²) in [5, 5.41) is 8.39. The minimum absolute atomic E-state index is 0.111. The van der Waals surface area contributed by atoms with E-state index in [9.17, 15) is 0 Å². The standard InChI is InChI=1S/C7H16N2O2/c8-7-5-9(6-7)1-3-11-4-2-10/h7,10H,1-6,8H2. The summed E-state index contributed by atoms with van der Waals surface area (Å²) in [5.41, 5.74) is 5.58. The van der Waals surface area contributed by atoms with Crippen LogP contribution in [0.25, 0.3) is 0 Å². The van der Waals surface area contributed by atoms with Crippen LogP contribution in [0.5, 0.6) is 0 Å². The monoisotopic (exact) mass is 160 g/mol. The number of aliphatic hydroxyl groups is 1. The average Bonchev–Trinajstić information content (AvgIpc) is 1.94. The molecule has 1 fully saturated rings. The first-order valence-electron chi connectivity index (χ1n) is 3.99. The SMILES string of the molecule is NC1CN(CCOCCO)C1. The highest BCUT2D eigenvalue weighted by Gasteiger charge is 2.21. The predicted molar refractivity (Wildman–Crippen MR) is 42.3 cm³/mol. The molecule has 0 aromatic carbocycles. The Morgan fingerprint density at radius 3 is 2.73 bits per heavy atom. The summed E-state index contributed by atoms with van der Waals surface area (Å²) in [7, 11) is 0. The van der Waals surface area contributed by atoms with E-state index in [0.717, 1.165) is 19.6 Å². The lowest BCUT2D eigenvalue weighted by molar-refractivity contribution is 0.0528. The van der Waals surface area contributed by atoms with Crippen molar-refractivity contribution in [2.75, 3.05) is 39.5 Å². The summed E-state index contributed by atoms with van der Waals surface area (Å²) in [6.45, 7) is 4.17. The summed E-state index contributed by atoms with van der Waals surface area (Å²) in [6, 6.07) is 0.368. The third-order valence-corrected chi connectivity index (χ3v) is 1.77. The smallest absolute Gasteiger partial charge is 0.0698 e. The number of aliphatic hydroxyl groups excluding tert-OH is 1. The van der Waals surface area contributed by atoms with E-state index in [4.69, 9.17) is 15.6 Å². The van der Waals surface area contributed by atoms with Gasteiger partial charge in [-0.05, 0) is 0 Å². The van der Waals surface area contributed by atoms with E-state index in [2.05, 4.69) is 4.90 Å². The highest BCUT2D eigenvalue weighted by atomic mass is 16.5. The van der Waals surface area contributed by atoms with Gasteiger partial charge in [0, 0.05) is 25.7 Å². The molecule has 1 heterocycles. The number of hydrogen-bond acceptors (Lipinski definition) is 4. The van der Waals surface area contributed by atoms with E-state index in [1.165, 1.54) is 0 Å². The van der Waals surface area contributed by atoms with Crippen molar-refractivity contribution in [2.24, 2.45) is 5.73 Å². The van der Waals surface area contributed by atoms with Crippen molar-refractivity contribution >= 4 is 0 Å². The number of hydrogen-bond donors (Lipinski definition) is 2. The van der Waals surface area contributed by atoms with Gasteiger partial charge in [0.1, 0.15) is 0 Å². The third kappa shape index (κ3) is 3.16. The minimum Gasteiger partial charge on any atom is -0.394 e. The number of nitrogens with zero attached hydrogens (tertiary/aromatic N) is 1. The van der Waals surface area contributed by atoms with Crippen LogP contribution in [-0.2, 0) is 4.74 Å². The second-order valence-electron chi connectivity index (χ2n) is 2.86. The van der Waals surface area contributed by atoms with Gasteiger partial charge in [-0.25, -0.2) is 0 Å². The maximum Gasteiger partial charge on any atom is 0.0698 e. The van der Waals surface area contributed by atoms with Crippen LogP contribution >= 0.6 is 0 Å². The summed E-state index contributed by atoms with van der Waals surface area (Å²) in [6.07, 6.45) is 0. The minimum atomic E-state index is 0.111. The van der Waals surface area contributed by atoms with Gasteiger partial charge < -0.3 is 15.6 Å². The van der Waals surface area contributed by atoms with Gasteiger partial charge in [0.05, 0.1) is 19.8 Å². The van der Waals surface area contributed by atoms with Gasteiger partial charge in [-0.3, -0.25) is 4.90 Å². The molecule has 0 radical (unpaired) electrons. The van der Waals surface area contributed by atoms with Crippen molar-refractivity contribution in [2.45, 2.75) is 6.04 Å². The lowest BCUT2D eigenvalue weighted by atomic mass is 10.1. The number of rotatable bonds is 5. The highest BCUT2D eigenvalue weighted by molar-refractivity contribution is 4.81. The molecule has 4 heteroatoms. The van der Waals surface area contributed by atoms with Crippen molar-refractivity contribution in [3.8, 4) is 0 Å². The Balaban J connectivity index is 1.81. The second-order valence-corrected chi connectivity index (χ2v) is 2.86. The van der Waals surface area contributed by atoms with E-state index in [1.54, 1.807) is 0 Å². The Kier molecular flexibility index (Phi) is 3.79. The van der Waals surface area contributed by atoms with E-state index in [1.807, 2.05) is 0 Å². The van der Waals surface area contributed by atoms with Crippen LogP contribution in [0.2, 0.25) is 0 Å². The molecule has 0 saturated carbocycles. The molecule has 1 aliphatic heterocycles. The van der Waals surface area contributed by atoms with Gasteiger partial charge in [-0.2, -0.15) is 0 Å². The van der Waals surface area contributed by atoms with Gasteiger partial charge in [-0.15, -0.1) is 0 Å². The molecular formula is C7H16N2O2. The fourth-order valence-electron chi connectivity index (χ4n) is 1.15. The zero-order chi connectivity index (χ0) is 8.10. The van der Waals surface area contributed by atoms with Crippen LogP contribution in [0, 0.1) is 0 Å². The van der Waals surface area contributed by atoms with Crippen LogP contribution in [0.4, 0.5) is 0 Å². The zero-order valence-corrected chi connectivity index (χ0v) is 6.70. The van der Waals surface area contributed by atoms with E-state index in [-0.39, 0.29) is 6.61 Å². The molecule has 3 N–H and O–H groups in total. The van der Waals surface area contributed by atoms with E-state index in [0.29, 0.717) is 19.3 Å². The quantitative estimate of drug-likeness (QED) is 0.488. The first kappa shape index (κ1) is 8.93. The van der Waals surface area contributed by atoms with Crippen LogP contribution < -0.4 is 5.73 Å². The van der Waals surface area contributed by atoms with Crippen LogP contribution in [0.15, 0.2) is 0 Å². The maximum atomic E-state index is 8.39. The molecule has 0 atom stereocenters. The maximum absolute atomic E-state index is 8.39. The van der Waals surface area contributed by atoms with Crippen molar-refractivity contribution in [3.63, 3.8) is 0 Å². The summed E-state index contributed by atoms with van der Waals surface area (Å²) < 4.78 is 5.09. The Labute approximate surface area is 66.9 Å². The van der Waals surface area contributed by atoms with Crippen LogP contribution in [0.1, 0.15) is 0 Å². The topological polar surface area (TPSA) is 58.7 Å². The Hall–Kier alpha value is -0.160. The molecule has 0 amide bonds. The molecule has 1 aliphatic rings. The fraction of sp³-hybridized carbons (Fsp3) is 1.00.